The third kappa shape index (κ3) is 4.58. The van der Waals surface area contributed by atoms with Crippen molar-refractivity contribution in [2.24, 2.45) is 0 Å². The minimum atomic E-state index is -0.554. The average molecular weight is 597 g/mol. The SMILES string of the molecule is CC(OC1CCNCC1)(c1ccc(Br)cc1Br)c1ccc(Br)cc1Br. The molecular formula is C19H19Br4NO. The number of nitrogens with one attached hydrogen (secondary N) is 1. The molecule has 25 heavy (non-hydrogen) atoms. The van der Waals surface area contributed by atoms with Crippen LogP contribution < -0.4 is 5.32 Å². The van der Waals surface area contributed by atoms with Crippen LogP contribution in [-0.4, -0.2) is 19.2 Å². The van der Waals surface area contributed by atoms with Gasteiger partial charge in [-0.3, -0.25) is 0 Å². The molecule has 134 valence electrons. The Morgan fingerprint density at radius 2 is 1.36 bits per heavy atom. The van der Waals surface area contributed by atoms with Gasteiger partial charge in [-0.15, -0.1) is 0 Å². The van der Waals surface area contributed by atoms with E-state index in [0.29, 0.717) is 0 Å². The van der Waals surface area contributed by atoms with Crippen LogP contribution in [0.15, 0.2) is 54.3 Å². The average Bonchev–Trinajstić information content (AvgIpc) is 2.55. The van der Waals surface area contributed by atoms with Gasteiger partial charge in [-0.1, -0.05) is 75.9 Å². The third-order valence-electron chi connectivity index (χ3n) is 4.58. The molecule has 0 bridgehead atoms. The highest BCUT2D eigenvalue weighted by atomic mass is 79.9. The Kier molecular flexibility index (Phi) is 6.83. The lowest BCUT2D eigenvalue weighted by Crippen LogP contribution is -2.39. The molecule has 2 nitrogen and oxygen atoms in total. The summed E-state index contributed by atoms with van der Waals surface area (Å²) < 4.78 is 10.9. The van der Waals surface area contributed by atoms with Gasteiger partial charge in [-0.2, -0.15) is 0 Å². The first-order chi connectivity index (χ1) is 11.9. The maximum absolute atomic E-state index is 6.76. The lowest BCUT2D eigenvalue weighted by molar-refractivity contribution is -0.0733. The van der Waals surface area contributed by atoms with Crippen LogP contribution in [0.25, 0.3) is 0 Å². The summed E-state index contributed by atoms with van der Waals surface area (Å²) in [6.07, 6.45) is 2.29. The molecule has 6 heteroatoms. The fraction of sp³-hybridized carbons (Fsp3) is 0.368. The van der Waals surface area contributed by atoms with Crippen molar-refractivity contribution in [1.29, 1.82) is 0 Å². The minimum Gasteiger partial charge on any atom is -0.362 e. The number of rotatable bonds is 4. The normalized spacial score (nSPS) is 16.2. The van der Waals surface area contributed by atoms with Gasteiger partial charge in [0.25, 0.3) is 0 Å². The minimum absolute atomic E-state index is 0.234. The van der Waals surface area contributed by atoms with E-state index in [1.165, 1.54) is 0 Å². The van der Waals surface area contributed by atoms with Crippen molar-refractivity contribution in [3.8, 4) is 0 Å². The molecule has 3 rings (SSSR count). The Labute approximate surface area is 182 Å². The summed E-state index contributed by atoms with van der Waals surface area (Å²) in [5.74, 6) is 0. The molecule has 0 atom stereocenters. The van der Waals surface area contributed by atoms with Gasteiger partial charge in [0.1, 0.15) is 5.60 Å². The monoisotopic (exact) mass is 593 g/mol. The standard InChI is InChI=1S/C19H19Br4NO/c1-19(25-14-6-8-24-9-7-14,15-4-2-12(20)10-17(15)22)16-5-3-13(21)11-18(16)23/h2-5,10-11,14,24H,6-9H2,1H3. The summed E-state index contributed by atoms with van der Waals surface area (Å²) in [4.78, 5) is 0. The fourth-order valence-corrected chi connectivity index (χ4v) is 6.12. The van der Waals surface area contributed by atoms with Crippen molar-refractivity contribution in [2.75, 3.05) is 13.1 Å². The Balaban J connectivity index is 2.09. The highest BCUT2D eigenvalue weighted by Gasteiger charge is 2.36. The number of hydrogen-bond acceptors (Lipinski definition) is 2. The Hall–Kier alpha value is 0.280. The maximum atomic E-state index is 6.76. The molecule has 0 unspecified atom stereocenters. The number of benzene rings is 2. The van der Waals surface area contributed by atoms with Gasteiger partial charge in [-0.25, -0.2) is 0 Å². The Morgan fingerprint density at radius 1 is 0.880 bits per heavy atom. The Bertz CT molecular complexity index is 708. The van der Waals surface area contributed by atoms with Crippen LogP contribution in [0.3, 0.4) is 0 Å². The van der Waals surface area contributed by atoms with Gasteiger partial charge < -0.3 is 10.1 Å². The van der Waals surface area contributed by atoms with Crippen LogP contribution in [0, 0.1) is 0 Å². The first kappa shape index (κ1) is 20.0. The van der Waals surface area contributed by atoms with Gasteiger partial charge in [0.05, 0.1) is 6.10 Å². The number of piperidine rings is 1. The second-order valence-corrected chi connectivity index (χ2v) is 9.89. The van der Waals surface area contributed by atoms with Crippen molar-refractivity contribution in [2.45, 2.75) is 31.5 Å². The Morgan fingerprint density at radius 3 is 1.80 bits per heavy atom. The van der Waals surface area contributed by atoms with E-state index in [2.05, 4.69) is 112 Å². The molecule has 2 aromatic rings. The second-order valence-electron chi connectivity index (χ2n) is 6.35. The molecule has 0 amide bonds. The van der Waals surface area contributed by atoms with Crippen molar-refractivity contribution >= 4 is 63.7 Å². The fourth-order valence-electron chi connectivity index (χ4n) is 3.27. The molecule has 2 aromatic carbocycles. The van der Waals surface area contributed by atoms with Crippen LogP contribution in [0.1, 0.15) is 30.9 Å². The largest absolute Gasteiger partial charge is 0.362 e. The molecule has 0 radical (unpaired) electrons. The van der Waals surface area contributed by atoms with Gasteiger partial charge in [0.2, 0.25) is 0 Å². The van der Waals surface area contributed by atoms with E-state index >= 15 is 0 Å². The van der Waals surface area contributed by atoms with Crippen LogP contribution in [-0.2, 0) is 10.3 Å². The molecule has 0 aliphatic carbocycles. The zero-order valence-corrected chi connectivity index (χ0v) is 20.1. The molecule has 1 heterocycles. The van der Waals surface area contributed by atoms with E-state index in [1.807, 2.05) is 0 Å². The molecule has 0 spiro atoms. The van der Waals surface area contributed by atoms with Crippen molar-refractivity contribution in [3.05, 3.63) is 65.4 Å². The number of hydrogen-bond donors (Lipinski definition) is 1. The molecule has 1 aliphatic rings. The number of ether oxygens (including phenoxy) is 1. The van der Waals surface area contributed by atoms with E-state index in [9.17, 15) is 0 Å². The van der Waals surface area contributed by atoms with Gasteiger partial charge in [0.15, 0.2) is 0 Å². The van der Waals surface area contributed by atoms with E-state index in [-0.39, 0.29) is 6.10 Å². The van der Waals surface area contributed by atoms with Crippen LogP contribution in [0.4, 0.5) is 0 Å². The third-order valence-corrected chi connectivity index (χ3v) is 6.88. The quantitative estimate of drug-likeness (QED) is 0.421. The summed E-state index contributed by atoms with van der Waals surface area (Å²) in [7, 11) is 0. The molecule has 0 saturated carbocycles. The summed E-state index contributed by atoms with van der Waals surface area (Å²) in [5, 5.41) is 3.41. The summed E-state index contributed by atoms with van der Waals surface area (Å²) in [6.45, 7) is 4.17. The summed E-state index contributed by atoms with van der Waals surface area (Å²) >= 11 is 14.6. The summed E-state index contributed by atoms with van der Waals surface area (Å²) in [5.41, 5.74) is 1.69. The molecule has 0 aromatic heterocycles. The van der Waals surface area contributed by atoms with Gasteiger partial charge in [0, 0.05) is 29.0 Å². The van der Waals surface area contributed by atoms with Crippen LogP contribution in [0.5, 0.6) is 0 Å². The predicted molar refractivity (Wildman–Crippen MR) is 117 cm³/mol. The van der Waals surface area contributed by atoms with Crippen molar-refractivity contribution in [3.63, 3.8) is 0 Å². The molecule has 1 aliphatic heterocycles. The maximum Gasteiger partial charge on any atom is 0.118 e. The lowest BCUT2D eigenvalue weighted by Gasteiger charge is -2.38. The van der Waals surface area contributed by atoms with Crippen molar-refractivity contribution < 1.29 is 4.74 Å². The predicted octanol–water partition coefficient (Wildman–Crippen LogP) is 6.77. The lowest BCUT2D eigenvalue weighted by atomic mass is 9.87. The van der Waals surface area contributed by atoms with E-state index in [0.717, 1.165) is 54.9 Å². The first-order valence-corrected chi connectivity index (χ1v) is 11.4. The van der Waals surface area contributed by atoms with Gasteiger partial charge >= 0.3 is 0 Å². The molecule has 1 fully saturated rings. The highest BCUT2D eigenvalue weighted by Crippen LogP contribution is 2.43. The highest BCUT2D eigenvalue weighted by molar-refractivity contribution is 9.11. The molecule has 1 saturated heterocycles. The van der Waals surface area contributed by atoms with Crippen molar-refractivity contribution in [1.82, 2.24) is 5.32 Å². The summed E-state index contributed by atoms with van der Waals surface area (Å²) in [6, 6.07) is 12.5. The van der Waals surface area contributed by atoms with E-state index < -0.39 is 5.60 Å². The molecular weight excluding hydrogens is 578 g/mol. The number of halogens is 4. The zero-order chi connectivity index (χ0) is 18.0. The zero-order valence-electron chi connectivity index (χ0n) is 13.8. The second kappa shape index (κ2) is 8.53. The van der Waals surface area contributed by atoms with E-state index in [1.54, 1.807) is 0 Å². The first-order valence-electron chi connectivity index (χ1n) is 8.20. The smallest absolute Gasteiger partial charge is 0.118 e. The van der Waals surface area contributed by atoms with Crippen LogP contribution >= 0.6 is 63.7 Å². The van der Waals surface area contributed by atoms with Crippen LogP contribution in [0.2, 0.25) is 0 Å². The van der Waals surface area contributed by atoms with Gasteiger partial charge in [-0.05, 0) is 57.1 Å². The van der Waals surface area contributed by atoms with E-state index in [4.69, 9.17) is 4.74 Å². The molecule has 1 N–H and O–H groups in total. The topological polar surface area (TPSA) is 21.3 Å².